The van der Waals surface area contributed by atoms with Gasteiger partial charge >= 0.3 is 0 Å². The molecular formula is C11H15ClN2O2. The Morgan fingerprint density at radius 1 is 1.56 bits per heavy atom. The van der Waals surface area contributed by atoms with Crippen molar-refractivity contribution in [3.63, 3.8) is 0 Å². The summed E-state index contributed by atoms with van der Waals surface area (Å²) in [7, 11) is 0. The number of nitrogens with zero attached hydrogens (tertiary/aromatic N) is 1. The Morgan fingerprint density at radius 2 is 2.25 bits per heavy atom. The van der Waals surface area contributed by atoms with Gasteiger partial charge in [0, 0.05) is 6.42 Å². The molecule has 4 nitrogen and oxygen atoms in total. The van der Waals surface area contributed by atoms with Crippen LogP contribution >= 0.6 is 11.6 Å². The van der Waals surface area contributed by atoms with Crippen molar-refractivity contribution in [2.45, 2.75) is 25.9 Å². The SMILES string of the molecule is CCC(C/C(N)=N/O)Oc1ccccc1Cl. The monoisotopic (exact) mass is 242 g/mol. The molecule has 0 saturated heterocycles. The molecule has 0 aromatic heterocycles. The standard InChI is InChI=1S/C11H15ClN2O2/c1-2-8(7-11(13)14-15)16-10-6-4-3-5-9(10)12/h3-6,8,15H,2,7H2,1H3,(H2,13,14). The Morgan fingerprint density at radius 3 is 2.81 bits per heavy atom. The van der Waals surface area contributed by atoms with E-state index in [9.17, 15) is 0 Å². The van der Waals surface area contributed by atoms with Crippen molar-refractivity contribution in [3.05, 3.63) is 29.3 Å². The van der Waals surface area contributed by atoms with Gasteiger partial charge in [-0.2, -0.15) is 0 Å². The van der Waals surface area contributed by atoms with Crippen LogP contribution < -0.4 is 10.5 Å². The van der Waals surface area contributed by atoms with Gasteiger partial charge in [0.05, 0.1) is 5.02 Å². The fourth-order valence-electron chi connectivity index (χ4n) is 1.26. The number of amidine groups is 1. The third-order valence-electron chi connectivity index (χ3n) is 2.15. The molecule has 16 heavy (non-hydrogen) atoms. The van der Waals surface area contributed by atoms with Gasteiger partial charge in [-0.3, -0.25) is 0 Å². The highest BCUT2D eigenvalue weighted by atomic mass is 35.5. The summed E-state index contributed by atoms with van der Waals surface area (Å²) in [6.07, 6.45) is 0.982. The molecule has 1 unspecified atom stereocenters. The molecule has 88 valence electrons. The van der Waals surface area contributed by atoms with E-state index in [0.717, 1.165) is 6.42 Å². The highest BCUT2D eigenvalue weighted by Gasteiger charge is 2.12. The van der Waals surface area contributed by atoms with Gasteiger partial charge in [-0.05, 0) is 18.6 Å². The molecule has 0 aliphatic heterocycles. The lowest BCUT2D eigenvalue weighted by Gasteiger charge is -2.17. The van der Waals surface area contributed by atoms with Crippen LogP contribution in [0.1, 0.15) is 19.8 Å². The lowest BCUT2D eigenvalue weighted by molar-refractivity contribution is 0.202. The van der Waals surface area contributed by atoms with E-state index in [2.05, 4.69) is 5.16 Å². The molecule has 0 aliphatic rings. The molecule has 0 heterocycles. The highest BCUT2D eigenvalue weighted by Crippen LogP contribution is 2.25. The van der Waals surface area contributed by atoms with Crippen LogP contribution in [0.2, 0.25) is 5.02 Å². The summed E-state index contributed by atoms with van der Waals surface area (Å²) >= 11 is 5.96. The van der Waals surface area contributed by atoms with Crippen molar-refractivity contribution in [1.29, 1.82) is 0 Å². The van der Waals surface area contributed by atoms with Crippen molar-refractivity contribution in [3.8, 4) is 5.75 Å². The van der Waals surface area contributed by atoms with Crippen LogP contribution in [0.15, 0.2) is 29.4 Å². The molecule has 1 rings (SSSR count). The van der Waals surface area contributed by atoms with Crippen LogP contribution in [0, 0.1) is 0 Å². The lowest BCUT2D eigenvalue weighted by Crippen LogP contribution is -2.24. The number of hydrogen-bond acceptors (Lipinski definition) is 3. The quantitative estimate of drug-likeness (QED) is 0.361. The fourth-order valence-corrected chi connectivity index (χ4v) is 1.44. The van der Waals surface area contributed by atoms with Gasteiger partial charge in [0.1, 0.15) is 17.7 Å². The Labute approximate surface area is 99.7 Å². The summed E-state index contributed by atoms with van der Waals surface area (Å²) in [6, 6.07) is 7.22. The number of oxime groups is 1. The smallest absolute Gasteiger partial charge is 0.142 e. The largest absolute Gasteiger partial charge is 0.488 e. The average Bonchev–Trinajstić information content (AvgIpc) is 2.30. The topological polar surface area (TPSA) is 67.8 Å². The first kappa shape index (κ1) is 12.6. The fraction of sp³-hybridized carbons (Fsp3) is 0.364. The van der Waals surface area contributed by atoms with Gasteiger partial charge < -0.3 is 15.7 Å². The number of halogens is 1. The first-order valence-corrected chi connectivity index (χ1v) is 5.42. The van der Waals surface area contributed by atoms with Crippen molar-refractivity contribution in [2.24, 2.45) is 10.9 Å². The Hall–Kier alpha value is -1.42. The molecule has 3 N–H and O–H groups in total. The van der Waals surface area contributed by atoms with E-state index in [1.807, 2.05) is 19.1 Å². The zero-order valence-electron chi connectivity index (χ0n) is 9.06. The molecule has 0 bridgehead atoms. The van der Waals surface area contributed by atoms with Gasteiger partial charge in [0.2, 0.25) is 0 Å². The summed E-state index contributed by atoms with van der Waals surface area (Å²) in [5, 5.41) is 12.0. The molecular weight excluding hydrogens is 228 g/mol. The first-order valence-electron chi connectivity index (χ1n) is 5.05. The number of rotatable bonds is 5. The second-order valence-corrected chi connectivity index (χ2v) is 3.78. The zero-order valence-corrected chi connectivity index (χ0v) is 9.81. The molecule has 0 radical (unpaired) electrons. The summed E-state index contributed by atoms with van der Waals surface area (Å²) in [5.74, 6) is 0.765. The number of ether oxygens (including phenoxy) is 1. The van der Waals surface area contributed by atoms with Crippen LogP contribution in [0.4, 0.5) is 0 Å². The third kappa shape index (κ3) is 3.62. The summed E-state index contributed by atoms with van der Waals surface area (Å²) < 4.78 is 5.66. The maximum absolute atomic E-state index is 8.48. The van der Waals surface area contributed by atoms with E-state index >= 15 is 0 Å². The maximum atomic E-state index is 8.48. The van der Waals surface area contributed by atoms with Crippen molar-refractivity contribution < 1.29 is 9.94 Å². The number of hydrogen-bond donors (Lipinski definition) is 2. The van der Waals surface area contributed by atoms with E-state index in [1.54, 1.807) is 12.1 Å². The summed E-state index contributed by atoms with van der Waals surface area (Å²) in [5.41, 5.74) is 5.43. The van der Waals surface area contributed by atoms with Crippen LogP contribution in [0.3, 0.4) is 0 Å². The molecule has 1 atom stereocenters. The number of nitrogens with two attached hydrogens (primary N) is 1. The Balaban J connectivity index is 2.67. The highest BCUT2D eigenvalue weighted by molar-refractivity contribution is 6.32. The van der Waals surface area contributed by atoms with Gasteiger partial charge in [0.25, 0.3) is 0 Å². The van der Waals surface area contributed by atoms with E-state index in [0.29, 0.717) is 17.2 Å². The number of para-hydroxylation sites is 1. The molecule has 0 amide bonds. The summed E-state index contributed by atoms with van der Waals surface area (Å²) in [6.45, 7) is 1.96. The van der Waals surface area contributed by atoms with Gasteiger partial charge in [0.15, 0.2) is 0 Å². The zero-order chi connectivity index (χ0) is 12.0. The van der Waals surface area contributed by atoms with Gasteiger partial charge in [-0.25, -0.2) is 0 Å². The predicted molar refractivity (Wildman–Crippen MR) is 64.2 cm³/mol. The molecule has 5 heteroatoms. The molecule has 0 aliphatic carbocycles. The molecule has 0 spiro atoms. The molecule has 0 fully saturated rings. The Kier molecular flexibility index (Phi) is 4.92. The van der Waals surface area contributed by atoms with Crippen molar-refractivity contribution in [1.82, 2.24) is 0 Å². The first-order chi connectivity index (χ1) is 7.67. The predicted octanol–water partition coefficient (Wildman–Crippen LogP) is 2.63. The van der Waals surface area contributed by atoms with E-state index in [1.165, 1.54) is 0 Å². The normalized spacial score (nSPS) is 13.5. The summed E-state index contributed by atoms with van der Waals surface area (Å²) in [4.78, 5) is 0. The Bertz CT molecular complexity index is 369. The average molecular weight is 243 g/mol. The molecule has 1 aromatic rings. The van der Waals surface area contributed by atoms with Crippen LogP contribution in [-0.2, 0) is 0 Å². The van der Waals surface area contributed by atoms with Gasteiger partial charge in [-0.1, -0.05) is 35.8 Å². The van der Waals surface area contributed by atoms with E-state index in [4.69, 9.17) is 27.3 Å². The molecule has 1 aromatic carbocycles. The lowest BCUT2D eigenvalue weighted by atomic mass is 10.2. The van der Waals surface area contributed by atoms with Crippen LogP contribution in [0.5, 0.6) is 5.75 Å². The maximum Gasteiger partial charge on any atom is 0.142 e. The molecule has 0 saturated carbocycles. The third-order valence-corrected chi connectivity index (χ3v) is 2.46. The van der Waals surface area contributed by atoms with Crippen LogP contribution in [0.25, 0.3) is 0 Å². The number of benzene rings is 1. The second kappa shape index (κ2) is 6.23. The van der Waals surface area contributed by atoms with Crippen LogP contribution in [-0.4, -0.2) is 17.1 Å². The van der Waals surface area contributed by atoms with Gasteiger partial charge in [-0.15, -0.1) is 0 Å². The minimum Gasteiger partial charge on any atom is -0.488 e. The van der Waals surface area contributed by atoms with Crippen molar-refractivity contribution in [2.75, 3.05) is 0 Å². The van der Waals surface area contributed by atoms with E-state index < -0.39 is 0 Å². The minimum atomic E-state index is -0.143. The second-order valence-electron chi connectivity index (χ2n) is 3.37. The van der Waals surface area contributed by atoms with Crippen molar-refractivity contribution >= 4 is 17.4 Å². The van der Waals surface area contributed by atoms with E-state index in [-0.39, 0.29) is 11.9 Å². The minimum absolute atomic E-state index is 0.143.